The lowest BCUT2D eigenvalue weighted by Crippen LogP contribution is -2.30. The van der Waals surface area contributed by atoms with Gasteiger partial charge in [-0.25, -0.2) is 4.98 Å². The number of hydrogen-bond acceptors (Lipinski definition) is 7. The van der Waals surface area contributed by atoms with Crippen LogP contribution in [-0.4, -0.2) is 20.9 Å². The van der Waals surface area contributed by atoms with Crippen LogP contribution in [0.1, 0.15) is 10.4 Å². The number of nitrogens with two attached hydrogens (primary N) is 1. The second-order valence-corrected chi connectivity index (χ2v) is 5.84. The monoisotopic (exact) mass is 372 g/mol. The highest BCUT2D eigenvalue weighted by molar-refractivity contribution is 6.07. The SMILES string of the molecule is Nc1c(NNC(=O)c2cccc3ccccc23)ncnc1Oc1cccnc1. The van der Waals surface area contributed by atoms with Crippen LogP contribution >= 0.6 is 0 Å². The minimum absolute atomic E-state index is 0.157. The van der Waals surface area contributed by atoms with Gasteiger partial charge in [-0.1, -0.05) is 36.4 Å². The number of carbonyl (C=O) groups excluding carboxylic acids is 1. The molecule has 0 spiro atoms. The summed E-state index contributed by atoms with van der Waals surface area (Å²) in [6.07, 6.45) is 4.46. The number of hydrazine groups is 1. The average molecular weight is 372 g/mol. The van der Waals surface area contributed by atoms with Crippen molar-refractivity contribution in [2.24, 2.45) is 0 Å². The van der Waals surface area contributed by atoms with Crippen LogP contribution in [0.5, 0.6) is 11.6 Å². The van der Waals surface area contributed by atoms with Crippen molar-refractivity contribution in [1.29, 1.82) is 0 Å². The summed E-state index contributed by atoms with van der Waals surface area (Å²) in [6, 6.07) is 16.6. The van der Waals surface area contributed by atoms with Gasteiger partial charge in [0.15, 0.2) is 5.82 Å². The molecule has 1 amide bonds. The summed E-state index contributed by atoms with van der Waals surface area (Å²) in [5.41, 5.74) is 12.1. The van der Waals surface area contributed by atoms with Gasteiger partial charge in [-0.05, 0) is 29.0 Å². The number of nitrogens with zero attached hydrogens (tertiary/aromatic N) is 3. The summed E-state index contributed by atoms with van der Waals surface area (Å²) < 4.78 is 5.61. The van der Waals surface area contributed by atoms with E-state index in [1.165, 1.54) is 12.5 Å². The quantitative estimate of drug-likeness (QED) is 0.461. The first-order valence-electron chi connectivity index (χ1n) is 8.45. The van der Waals surface area contributed by atoms with Gasteiger partial charge in [0.1, 0.15) is 17.8 Å². The van der Waals surface area contributed by atoms with Crippen molar-refractivity contribution in [2.75, 3.05) is 11.2 Å². The molecule has 8 heteroatoms. The topological polar surface area (TPSA) is 115 Å². The van der Waals surface area contributed by atoms with E-state index in [1.54, 1.807) is 24.4 Å². The number of hydrogen-bond donors (Lipinski definition) is 3. The first-order valence-corrected chi connectivity index (χ1v) is 8.45. The Balaban J connectivity index is 1.52. The fourth-order valence-corrected chi connectivity index (χ4v) is 2.69. The molecule has 4 aromatic rings. The number of anilines is 2. The smallest absolute Gasteiger partial charge is 0.270 e. The Morgan fingerprint density at radius 1 is 1.00 bits per heavy atom. The predicted octanol–water partition coefficient (Wildman–Crippen LogP) is 3.16. The van der Waals surface area contributed by atoms with Crippen molar-refractivity contribution < 1.29 is 9.53 Å². The molecule has 0 unspecified atom stereocenters. The van der Waals surface area contributed by atoms with Crippen LogP contribution in [0, 0.1) is 0 Å². The van der Waals surface area contributed by atoms with Gasteiger partial charge in [-0.3, -0.25) is 20.6 Å². The number of rotatable bonds is 5. The molecule has 0 aliphatic carbocycles. The zero-order valence-electron chi connectivity index (χ0n) is 14.7. The van der Waals surface area contributed by atoms with E-state index in [-0.39, 0.29) is 23.3 Å². The molecule has 0 fully saturated rings. The minimum Gasteiger partial charge on any atom is -0.435 e. The maximum absolute atomic E-state index is 12.6. The fraction of sp³-hybridized carbons (Fsp3) is 0. The fourth-order valence-electron chi connectivity index (χ4n) is 2.69. The van der Waals surface area contributed by atoms with E-state index in [0.717, 1.165) is 10.8 Å². The van der Waals surface area contributed by atoms with Crippen molar-refractivity contribution in [1.82, 2.24) is 20.4 Å². The maximum atomic E-state index is 12.6. The highest BCUT2D eigenvalue weighted by atomic mass is 16.5. The first kappa shape index (κ1) is 17.2. The molecule has 4 rings (SSSR count). The molecular weight excluding hydrogens is 356 g/mol. The van der Waals surface area contributed by atoms with Crippen LogP contribution in [-0.2, 0) is 0 Å². The number of nitrogens with one attached hydrogen (secondary N) is 2. The maximum Gasteiger partial charge on any atom is 0.270 e. The summed E-state index contributed by atoms with van der Waals surface area (Å²) >= 11 is 0. The van der Waals surface area contributed by atoms with Gasteiger partial charge in [0.25, 0.3) is 5.91 Å². The molecule has 0 saturated carbocycles. The summed E-state index contributed by atoms with van der Waals surface area (Å²) in [6.45, 7) is 0. The lowest BCUT2D eigenvalue weighted by molar-refractivity contribution is 0.0964. The van der Waals surface area contributed by atoms with Gasteiger partial charge in [0, 0.05) is 11.8 Å². The van der Waals surface area contributed by atoms with Crippen molar-refractivity contribution >= 4 is 28.2 Å². The van der Waals surface area contributed by atoms with Crippen molar-refractivity contribution in [3.63, 3.8) is 0 Å². The molecule has 138 valence electrons. The van der Waals surface area contributed by atoms with Crippen molar-refractivity contribution in [2.45, 2.75) is 0 Å². The van der Waals surface area contributed by atoms with E-state index in [9.17, 15) is 4.79 Å². The number of benzene rings is 2. The van der Waals surface area contributed by atoms with Crippen molar-refractivity contribution in [3.8, 4) is 11.6 Å². The Labute approximate surface area is 160 Å². The number of amides is 1. The summed E-state index contributed by atoms with van der Waals surface area (Å²) in [7, 11) is 0. The van der Waals surface area contributed by atoms with Gasteiger partial charge in [-0.15, -0.1) is 0 Å². The standard InChI is InChI=1S/C20H16N6O2/c21-17-18(23-12-24-20(17)28-14-7-4-10-22-11-14)25-26-19(27)16-9-3-6-13-5-1-2-8-15(13)16/h1-12H,21H2,(H,26,27)(H,23,24,25). The van der Waals surface area contributed by atoms with Gasteiger partial charge >= 0.3 is 0 Å². The molecule has 0 aliphatic rings. The highest BCUT2D eigenvalue weighted by Gasteiger charge is 2.13. The normalized spacial score (nSPS) is 10.4. The van der Waals surface area contributed by atoms with E-state index < -0.39 is 0 Å². The largest absolute Gasteiger partial charge is 0.435 e. The first-order chi connectivity index (χ1) is 13.7. The molecule has 2 aromatic carbocycles. The molecule has 0 atom stereocenters. The lowest BCUT2D eigenvalue weighted by atomic mass is 10.0. The minimum atomic E-state index is -0.315. The molecule has 28 heavy (non-hydrogen) atoms. The van der Waals surface area contributed by atoms with Gasteiger partial charge in [0.05, 0.1) is 6.20 Å². The number of fused-ring (bicyclic) bond motifs is 1. The predicted molar refractivity (Wildman–Crippen MR) is 106 cm³/mol. The third-order valence-corrected chi connectivity index (χ3v) is 4.02. The summed E-state index contributed by atoms with van der Waals surface area (Å²) in [4.78, 5) is 24.7. The van der Waals surface area contributed by atoms with E-state index in [1.807, 2.05) is 36.4 Å². The zero-order chi connectivity index (χ0) is 19.3. The van der Waals surface area contributed by atoms with Crippen LogP contribution < -0.4 is 21.3 Å². The highest BCUT2D eigenvalue weighted by Crippen LogP contribution is 2.28. The zero-order valence-corrected chi connectivity index (χ0v) is 14.7. The average Bonchev–Trinajstić information content (AvgIpc) is 2.74. The van der Waals surface area contributed by atoms with E-state index in [0.29, 0.717) is 11.3 Å². The van der Waals surface area contributed by atoms with E-state index >= 15 is 0 Å². The van der Waals surface area contributed by atoms with Crippen molar-refractivity contribution in [3.05, 3.63) is 78.9 Å². The summed E-state index contributed by atoms with van der Waals surface area (Å²) in [5, 5.41) is 1.82. The lowest BCUT2D eigenvalue weighted by Gasteiger charge is -2.13. The van der Waals surface area contributed by atoms with Crippen LogP contribution in [0.3, 0.4) is 0 Å². The van der Waals surface area contributed by atoms with Gasteiger partial charge in [-0.2, -0.15) is 4.98 Å². The van der Waals surface area contributed by atoms with E-state index in [2.05, 4.69) is 25.8 Å². The van der Waals surface area contributed by atoms with Crippen LogP contribution in [0.15, 0.2) is 73.3 Å². The molecule has 0 radical (unpaired) electrons. The Morgan fingerprint density at radius 3 is 2.71 bits per heavy atom. The van der Waals surface area contributed by atoms with E-state index in [4.69, 9.17) is 10.5 Å². The van der Waals surface area contributed by atoms with Crippen LogP contribution in [0.25, 0.3) is 10.8 Å². The Morgan fingerprint density at radius 2 is 1.86 bits per heavy atom. The third-order valence-electron chi connectivity index (χ3n) is 4.02. The number of carbonyl (C=O) groups is 1. The van der Waals surface area contributed by atoms with Crippen LogP contribution in [0.2, 0.25) is 0 Å². The number of nitrogen functional groups attached to an aromatic ring is 1. The molecule has 2 aromatic heterocycles. The summed E-state index contributed by atoms with van der Waals surface area (Å²) in [5.74, 6) is 0.551. The third kappa shape index (κ3) is 3.51. The molecule has 0 saturated heterocycles. The molecule has 0 bridgehead atoms. The Hall–Kier alpha value is -4.20. The second-order valence-electron chi connectivity index (χ2n) is 5.84. The van der Waals surface area contributed by atoms with Gasteiger partial charge in [0.2, 0.25) is 5.88 Å². The molecule has 0 aliphatic heterocycles. The number of pyridine rings is 1. The Bertz CT molecular complexity index is 1130. The van der Waals surface area contributed by atoms with Gasteiger partial charge < -0.3 is 10.5 Å². The number of aromatic nitrogens is 3. The molecule has 2 heterocycles. The number of ether oxygens (including phenoxy) is 1. The molecule has 8 nitrogen and oxygen atoms in total. The second kappa shape index (κ2) is 7.58. The Kier molecular flexibility index (Phi) is 4.67. The molecule has 4 N–H and O–H groups in total. The van der Waals surface area contributed by atoms with Crippen LogP contribution in [0.4, 0.5) is 11.5 Å². The molecular formula is C20H16N6O2.